The fraction of sp³-hybridized carbons (Fsp3) is 0.500. The standard InChI is InChI=1S/C10H16N2O/c1-7(2)12-9-5-8(3)6-11-10(9)13-4/h5-7,12H,1-4H3/i4D3. The van der Waals surface area contributed by atoms with E-state index in [2.05, 4.69) is 10.3 Å². The first kappa shape index (κ1) is 6.24. The molecule has 1 aromatic heterocycles. The van der Waals surface area contributed by atoms with Crippen LogP contribution in [0.25, 0.3) is 0 Å². The lowest BCUT2D eigenvalue weighted by atomic mass is 10.2. The van der Waals surface area contributed by atoms with Gasteiger partial charge < -0.3 is 10.1 Å². The Morgan fingerprint density at radius 2 is 2.38 bits per heavy atom. The number of aromatic nitrogens is 1. The van der Waals surface area contributed by atoms with Gasteiger partial charge >= 0.3 is 0 Å². The third kappa shape index (κ3) is 2.61. The normalized spacial score (nSPS) is 14.6. The first-order valence-corrected chi connectivity index (χ1v) is 4.20. The maximum Gasteiger partial charge on any atom is 0.237 e. The number of pyridine rings is 1. The van der Waals surface area contributed by atoms with Gasteiger partial charge in [-0.05, 0) is 32.4 Å². The topological polar surface area (TPSA) is 34.1 Å². The number of nitrogens with zero attached hydrogens (tertiary/aromatic N) is 1. The highest BCUT2D eigenvalue weighted by atomic mass is 16.5. The Balaban J connectivity index is 2.98. The summed E-state index contributed by atoms with van der Waals surface area (Å²) >= 11 is 0. The second kappa shape index (κ2) is 4.12. The van der Waals surface area contributed by atoms with Crippen LogP contribution >= 0.6 is 0 Å². The highest BCUT2D eigenvalue weighted by Gasteiger charge is 2.04. The van der Waals surface area contributed by atoms with E-state index in [0.717, 1.165) is 5.56 Å². The number of hydrogen-bond acceptors (Lipinski definition) is 3. The predicted molar refractivity (Wildman–Crippen MR) is 54.3 cm³/mol. The van der Waals surface area contributed by atoms with Crippen LogP contribution in [0, 0.1) is 6.92 Å². The lowest BCUT2D eigenvalue weighted by Crippen LogP contribution is -2.11. The van der Waals surface area contributed by atoms with Crippen LogP contribution in [-0.4, -0.2) is 18.1 Å². The smallest absolute Gasteiger partial charge is 0.237 e. The third-order valence-electron chi connectivity index (χ3n) is 1.53. The van der Waals surface area contributed by atoms with Crippen molar-refractivity contribution < 1.29 is 8.85 Å². The van der Waals surface area contributed by atoms with Gasteiger partial charge in [-0.15, -0.1) is 0 Å². The molecule has 0 fully saturated rings. The maximum absolute atomic E-state index is 7.05. The van der Waals surface area contributed by atoms with Gasteiger partial charge in [-0.3, -0.25) is 0 Å². The van der Waals surface area contributed by atoms with E-state index in [-0.39, 0.29) is 11.9 Å². The predicted octanol–water partition coefficient (Wildman–Crippen LogP) is 2.22. The summed E-state index contributed by atoms with van der Waals surface area (Å²) in [4.78, 5) is 3.97. The molecular formula is C10H16N2O. The van der Waals surface area contributed by atoms with E-state index in [4.69, 9.17) is 8.85 Å². The largest absolute Gasteiger partial charge is 0.480 e. The summed E-state index contributed by atoms with van der Waals surface area (Å²) in [5.41, 5.74) is 1.55. The molecule has 1 aromatic rings. The second-order valence-electron chi connectivity index (χ2n) is 3.27. The highest BCUT2D eigenvalue weighted by molar-refractivity contribution is 5.54. The van der Waals surface area contributed by atoms with Crippen molar-refractivity contribution in [2.75, 3.05) is 12.4 Å². The molecule has 13 heavy (non-hydrogen) atoms. The number of aryl methyl sites for hydroxylation is 1. The summed E-state index contributed by atoms with van der Waals surface area (Å²) in [5.74, 6) is 0.110. The minimum Gasteiger partial charge on any atom is -0.480 e. The van der Waals surface area contributed by atoms with Gasteiger partial charge in [0.15, 0.2) is 0 Å². The van der Waals surface area contributed by atoms with E-state index in [1.807, 2.05) is 26.8 Å². The van der Waals surface area contributed by atoms with Crippen molar-refractivity contribution in [1.82, 2.24) is 4.98 Å². The number of anilines is 1. The summed E-state index contributed by atoms with van der Waals surface area (Å²) in [6.07, 6.45) is 1.58. The fourth-order valence-corrected chi connectivity index (χ4v) is 1.05. The third-order valence-corrected chi connectivity index (χ3v) is 1.53. The first-order valence-electron chi connectivity index (χ1n) is 5.70. The SMILES string of the molecule is [2H]C([2H])([2H])Oc1ncc(C)cc1NC(C)C. The summed E-state index contributed by atoms with van der Waals surface area (Å²) in [5, 5.41) is 3.10. The average molecular weight is 183 g/mol. The molecule has 0 aliphatic rings. The zero-order chi connectivity index (χ0) is 12.3. The van der Waals surface area contributed by atoms with E-state index in [9.17, 15) is 0 Å². The molecule has 1 rings (SSSR count). The Morgan fingerprint density at radius 3 is 3.00 bits per heavy atom. The Bertz CT molecular complexity index is 364. The molecule has 0 saturated carbocycles. The summed E-state index contributed by atoms with van der Waals surface area (Å²) < 4.78 is 26.0. The number of methoxy groups -OCH3 is 1. The average Bonchev–Trinajstić information content (AvgIpc) is 2.06. The molecule has 3 nitrogen and oxygen atoms in total. The number of ether oxygens (including phenoxy) is 1. The number of nitrogens with one attached hydrogen (secondary N) is 1. The van der Waals surface area contributed by atoms with Crippen molar-refractivity contribution in [3.63, 3.8) is 0 Å². The molecule has 72 valence electrons. The molecule has 0 aromatic carbocycles. The van der Waals surface area contributed by atoms with Crippen LogP contribution < -0.4 is 10.1 Å². The molecule has 0 bridgehead atoms. The molecule has 0 aliphatic heterocycles. The van der Waals surface area contributed by atoms with E-state index >= 15 is 0 Å². The van der Waals surface area contributed by atoms with Crippen LogP contribution in [0.15, 0.2) is 12.3 Å². The molecule has 0 radical (unpaired) electrons. The molecule has 0 amide bonds. The molecule has 0 unspecified atom stereocenters. The number of rotatable bonds is 3. The van der Waals surface area contributed by atoms with Crippen molar-refractivity contribution in [2.24, 2.45) is 0 Å². The molecule has 0 spiro atoms. The Morgan fingerprint density at radius 1 is 1.62 bits per heavy atom. The van der Waals surface area contributed by atoms with Crippen LogP contribution in [0.1, 0.15) is 23.5 Å². The first-order chi connectivity index (χ1) is 7.28. The van der Waals surface area contributed by atoms with Crippen LogP contribution in [0.5, 0.6) is 5.88 Å². The van der Waals surface area contributed by atoms with Crippen LogP contribution in [0.4, 0.5) is 5.69 Å². The maximum atomic E-state index is 7.05. The van der Waals surface area contributed by atoms with Gasteiger partial charge in [0.2, 0.25) is 5.88 Å². The molecule has 0 aliphatic carbocycles. The summed E-state index contributed by atoms with van der Waals surface area (Å²) in [7, 11) is -2.48. The monoisotopic (exact) mass is 183 g/mol. The molecule has 0 saturated heterocycles. The van der Waals surface area contributed by atoms with E-state index < -0.39 is 7.04 Å². The Kier molecular flexibility index (Phi) is 1.98. The lowest BCUT2D eigenvalue weighted by molar-refractivity contribution is 0.399. The molecule has 1 heterocycles. The Labute approximate surface area is 83.4 Å². The van der Waals surface area contributed by atoms with E-state index in [1.165, 1.54) is 0 Å². The number of hydrogen-bond donors (Lipinski definition) is 1. The zero-order valence-corrected chi connectivity index (χ0v) is 8.09. The van der Waals surface area contributed by atoms with Gasteiger partial charge in [-0.2, -0.15) is 0 Å². The van der Waals surface area contributed by atoms with E-state index in [1.54, 1.807) is 6.20 Å². The highest BCUT2D eigenvalue weighted by Crippen LogP contribution is 2.22. The zero-order valence-electron chi connectivity index (χ0n) is 11.1. The second-order valence-corrected chi connectivity index (χ2v) is 3.27. The van der Waals surface area contributed by atoms with Gasteiger partial charge in [-0.1, -0.05) is 0 Å². The van der Waals surface area contributed by atoms with Crippen LogP contribution in [0.2, 0.25) is 0 Å². The fourth-order valence-electron chi connectivity index (χ4n) is 1.05. The van der Waals surface area contributed by atoms with Crippen molar-refractivity contribution in [1.29, 1.82) is 0 Å². The van der Waals surface area contributed by atoms with Gasteiger partial charge in [0, 0.05) is 12.2 Å². The minimum atomic E-state index is -2.48. The van der Waals surface area contributed by atoms with Gasteiger partial charge in [0.1, 0.15) is 0 Å². The van der Waals surface area contributed by atoms with Crippen molar-refractivity contribution in [3.8, 4) is 5.88 Å². The Hall–Kier alpha value is -1.25. The summed E-state index contributed by atoms with van der Waals surface area (Å²) in [6, 6.07) is 2.00. The lowest BCUT2D eigenvalue weighted by Gasteiger charge is -2.13. The van der Waals surface area contributed by atoms with Crippen molar-refractivity contribution in [2.45, 2.75) is 26.8 Å². The van der Waals surface area contributed by atoms with Gasteiger partial charge in [-0.25, -0.2) is 4.98 Å². The van der Waals surface area contributed by atoms with E-state index in [0.29, 0.717) is 5.69 Å². The minimum absolute atomic E-state index is 0.110. The van der Waals surface area contributed by atoms with Gasteiger partial charge in [0.25, 0.3) is 0 Å². The molecule has 3 heteroatoms. The van der Waals surface area contributed by atoms with Gasteiger partial charge in [0.05, 0.1) is 16.8 Å². The quantitative estimate of drug-likeness (QED) is 0.780. The molecule has 0 atom stereocenters. The van der Waals surface area contributed by atoms with Crippen molar-refractivity contribution in [3.05, 3.63) is 17.8 Å². The van der Waals surface area contributed by atoms with Crippen LogP contribution in [0.3, 0.4) is 0 Å². The van der Waals surface area contributed by atoms with Crippen molar-refractivity contribution >= 4 is 5.69 Å². The molecular weight excluding hydrogens is 164 g/mol. The summed E-state index contributed by atoms with van der Waals surface area (Å²) in [6.45, 7) is 5.81. The van der Waals surface area contributed by atoms with Crippen LogP contribution in [-0.2, 0) is 0 Å². The molecule has 1 N–H and O–H groups in total.